The molecule has 0 spiro atoms. The van der Waals surface area contributed by atoms with Gasteiger partial charge in [-0.15, -0.1) is 0 Å². The minimum atomic E-state index is -4.37. The second-order valence-electron chi connectivity index (χ2n) is 3.69. The number of ether oxygens (including phenoxy) is 1. The monoisotopic (exact) mass is 303 g/mol. The zero-order chi connectivity index (χ0) is 12.2. The summed E-state index contributed by atoms with van der Waals surface area (Å²) in [7, 11) is 0. The van der Waals surface area contributed by atoms with E-state index < -0.39 is 19.4 Å². The Balaban J connectivity index is 2.24. The topological polar surface area (TPSA) is 29.5 Å². The molecule has 1 unspecified atom stereocenters. The van der Waals surface area contributed by atoms with Crippen molar-refractivity contribution in [3.63, 3.8) is 0 Å². The molecule has 0 radical (unpaired) electrons. The lowest BCUT2D eigenvalue weighted by Crippen LogP contribution is -2.42. The van der Waals surface area contributed by atoms with Crippen LogP contribution in [0.3, 0.4) is 0 Å². The predicted molar refractivity (Wildman–Crippen MR) is 55.4 cm³/mol. The van der Waals surface area contributed by atoms with E-state index in [0.717, 1.165) is 12.8 Å². The lowest BCUT2D eigenvalue weighted by atomic mass is 10.1. The highest BCUT2D eigenvalue weighted by molar-refractivity contribution is 9.09. The Morgan fingerprint density at radius 2 is 2.19 bits per heavy atom. The Hall–Kier alpha value is -0.300. The molecular formula is C9H13BrF3NO2. The first-order chi connectivity index (χ1) is 7.38. The summed E-state index contributed by atoms with van der Waals surface area (Å²) in [5.74, 6) is -0.381. The van der Waals surface area contributed by atoms with Crippen molar-refractivity contribution in [1.82, 2.24) is 4.90 Å². The quantitative estimate of drug-likeness (QED) is 0.746. The van der Waals surface area contributed by atoms with Crippen molar-refractivity contribution in [3.05, 3.63) is 0 Å². The molecule has 1 aliphatic heterocycles. The van der Waals surface area contributed by atoms with E-state index in [1.54, 1.807) is 0 Å². The predicted octanol–water partition coefficient (Wildman–Crippen LogP) is 1.95. The van der Waals surface area contributed by atoms with E-state index in [-0.39, 0.29) is 10.7 Å². The van der Waals surface area contributed by atoms with Crippen LogP contribution in [0.25, 0.3) is 0 Å². The van der Waals surface area contributed by atoms with Crippen molar-refractivity contribution in [2.24, 2.45) is 0 Å². The zero-order valence-corrected chi connectivity index (χ0v) is 10.2. The molecule has 0 aromatic rings. The number of hydrogen-bond donors (Lipinski definition) is 0. The molecule has 1 saturated heterocycles. The third-order valence-electron chi connectivity index (χ3n) is 2.21. The number of nitrogens with zero attached hydrogens (tertiary/aromatic N) is 1. The van der Waals surface area contributed by atoms with Gasteiger partial charge in [-0.3, -0.25) is 4.79 Å². The highest BCUT2D eigenvalue weighted by Crippen LogP contribution is 2.17. The van der Waals surface area contributed by atoms with E-state index in [4.69, 9.17) is 0 Å². The van der Waals surface area contributed by atoms with Crippen LogP contribution in [0.1, 0.15) is 12.8 Å². The van der Waals surface area contributed by atoms with Gasteiger partial charge in [-0.2, -0.15) is 13.2 Å². The minimum absolute atomic E-state index is 0.229. The second kappa shape index (κ2) is 5.86. The van der Waals surface area contributed by atoms with Crippen molar-refractivity contribution in [3.8, 4) is 0 Å². The van der Waals surface area contributed by atoms with Crippen molar-refractivity contribution >= 4 is 21.8 Å². The minimum Gasteiger partial charge on any atom is -0.362 e. The number of hydrogen-bond acceptors (Lipinski definition) is 2. The Kier molecular flexibility index (Phi) is 5.04. The van der Waals surface area contributed by atoms with Crippen molar-refractivity contribution in [1.29, 1.82) is 0 Å². The molecule has 1 amide bonds. The molecule has 0 saturated carbocycles. The number of carbonyl (C=O) groups excluding carboxylic acids is 1. The van der Waals surface area contributed by atoms with Crippen LogP contribution in [0.5, 0.6) is 0 Å². The van der Waals surface area contributed by atoms with Crippen LogP contribution in [0.4, 0.5) is 13.2 Å². The molecule has 1 rings (SSSR count). The lowest BCUT2D eigenvalue weighted by molar-refractivity contribution is -0.178. The molecule has 1 aliphatic rings. The third kappa shape index (κ3) is 5.16. The summed E-state index contributed by atoms with van der Waals surface area (Å²) >= 11 is 3.38. The van der Waals surface area contributed by atoms with Gasteiger partial charge in [0.15, 0.2) is 0 Å². The van der Waals surface area contributed by atoms with Crippen molar-refractivity contribution < 1.29 is 22.7 Å². The number of alkyl halides is 4. The Bertz CT molecular complexity index is 247. The summed E-state index contributed by atoms with van der Waals surface area (Å²) < 4.78 is 39.6. The van der Waals surface area contributed by atoms with Crippen LogP contribution in [-0.4, -0.2) is 48.1 Å². The number of rotatable bonds is 3. The van der Waals surface area contributed by atoms with Crippen molar-refractivity contribution in [2.45, 2.75) is 23.8 Å². The maximum Gasteiger partial charge on any atom is 0.411 e. The Labute approximate surface area is 100 Å². The molecule has 1 heterocycles. The summed E-state index contributed by atoms with van der Waals surface area (Å²) in [6.07, 6.45) is -2.53. The fourth-order valence-corrected chi connectivity index (χ4v) is 2.17. The van der Waals surface area contributed by atoms with Gasteiger partial charge in [0.2, 0.25) is 5.91 Å². The number of likely N-dealkylation sites (tertiary alicyclic amines) is 1. The number of halogens is 4. The first-order valence-corrected chi connectivity index (χ1v) is 5.86. The highest BCUT2D eigenvalue weighted by atomic mass is 79.9. The van der Waals surface area contributed by atoms with Gasteiger partial charge in [-0.25, -0.2) is 0 Å². The molecule has 1 atom stereocenters. The van der Waals surface area contributed by atoms with E-state index >= 15 is 0 Å². The van der Waals surface area contributed by atoms with Crippen LogP contribution in [0, 0.1) is 0 Å². The smallest absolute Gasteiger partial charge is 0.362 e. The maximum atomic E-state index is 11.8. The Morgan fingerprint density at radius 1 is 1.50 bits per heavy atom. The van der Waals surface area contributed by atoms with E-state index in [1.807, 2.05) is 0 Å². The summed E-state index contributed by atoms with van der Waals surface area (Å²) in [6.45, 7) is -0.742. The largest absolute Gasteiger partial charge is 0.411 e. The molecule has 3 nitrogen and oxygen atoms in total. The molecule has 1 fully saturated rings. The fourth-order valence-electron chi connectivity index (χ4n) is 1.50. The van der Waals surface area contributed by atoms with Crippen LogP contribution >= 0.6 is 15.9 Å². The fraction of sp³-hybridized carbons (Fsp3) is 0.889. The molecular weight excluding hydrogens is 291 g/mol. The van der Waals surface area contributed by atoms with E-state index in [0.29, 0.717) is 13.1 Å². The molecule has 0 bridgehead atoms. The van der Waals surface area contributed by atoms with Crippen LogP contribution in [-0.2, 0) is 9.53 Å². The molecule has 0 aliphatic carbocycles. The third-order valence-corrected chi connectivity index (χ3v) is 2.96. The van der Waals surface area contributed by atoms with Crippen LogP contribution < -0.4 is 0 Å². The number of amides is 1. The summed E-state index contributed by atoms with van der Waals surface area (Å²) in [6, 6.07) is 0. The molecule has 0 aromatic heterocycles. The highest BCUT2D eigenvalue weighted by Gasteiger charge is 2.29. The van der Waals surface area contributed by atoms with Gasteiger partial charge in [-0.1, -0.05) is 15.9 Å². The second-order valence-corrected chi connectivity index (χ2v) is 4.98. The molecule has 16 heavy (non-hydrogen) atoms. The summed E-state index contributed by atoms with van der Waals surface area (Å²) in [5, 5.41) is 0. The summed E-state index contributed by atoms with van der Waals surface area (Å²) in [4.78, 5) is 13.2. The van der Waals surface area contributed by atoms with Gasteiger partial charge in [0.05, 0.1) is 0 Å². The molecule has 94 valence electrons. The number of carbonyl (C=O) groups is 1. The van der Waals surface area contributed by atoms with Gasteiger partial charge in [0.1, 0.15) is 13.2 Å². The number of piperidine rings is 1. The first kappa shape index (κ1) is 13.8. The SMILES string of the molecule is O=C(COCC(F)(F)F)N1CCCC(Br)C1. The lowest BCUT2D eigenvalue weighted by Gasteiger charge is -2.29. The average Bonchev–Trinajstić information content (AvgIpc) is 2.15. The standard InChI is InChI=1S/C9H13BrF3NO2/c10-7-2-1-3-14(4-7)8(15)5-16-6-9(11,12)13/h7H,1-6H2. The normalized spacial score (nSPS) is 22.2. The van der Waals surface area contributed by atoms with Crippen LogP contribution in [0.15, 0.2) is 0 Å². The zero-order valence-electron chi connectivity index (χ0n) is 8.60. The maximum absolute atomic E-state index is 11.8. The molecule has 7 heteroatoms. The molecule has 0 aromatic carbocycles. The van der Waals surface area contributed by atoms with Gasteiger partial charge in [0, 0.05) is 17.9 Å². The van der Waals surface area contributed by atoms with Gasteiger partial charge >= 0.3 is 6.18 Å². The van der Waals surface area contributed by atoms with Gasteiger partial charge in [0.25, 0.3) is 0 Å². The molecule has 0 N–H and O–H groups in total. The van der Waals surface area contributed by atoms with Gasteiger partial charge in [-0.05, 0) is 12.8 Å². The average molecular weight is 304 g/mol. The van der Waals surface area contributed by atoms with E-state index in [1.165, 1.54) is 4.90 Å². The summed E-state index contributed by atoms with van der Waals surface area (Å²) in [5.41, 5.74) is 0. The van der Waals surface area contributed by atoms with E-state index in [9.17, 15) is 18.0 Å². The van der Waals surface area contributed by atoms with Crippen LogP contribution in [0.2, 0.25) is 0 Å². The van der Waals surface area contributed by atoms with Gasteiger partial charge < -0.3 is 9.64 Å². The van der Waals surface area contributed by atoms with Crippen molar-refractivity contribution in [2.75, 3.05) is 26.3 Å². The van der Waals surface area contributed by atoms with E-state index in [2.05, 4.69) is 20.7 Å². The Morgan fingerprint density at radius 3 is 2.75 bits per heavy atom. The first-order valence-electron chi connectivity index (χ1n) is 4.95.